The third-order valence-electron chi connectivity index (χ3n) is 5.26. The van der Waals surface area contributed by atoms with Crippen molar-refractivity contribution >= 4 is 26.7 Å². The minimum absolute atomic E-state index is 0.838. The van der Waals surface area contributed by atoms with Gasteiger partial charge in [-0.15, -0.1) is 0 Å². The van der Waals surface area contributed by atoms with E-state index in [1.807, 2.05) is 6.07 Å². The van der Waals surface area contributed by atoms with Crippen LogP contribution in [0.15, 0.2) is 18.2 Å². The molecule has 1 aliphatic heterocycles. The van der Waals surface area contributed by atoms with E-state index < -0.39 is 0 Å². The minimum Gasteiger partial charge on any atom is -0.497 e. The normalized spacial score (nSPS) is 21.0. The van der Waals surface area contributed by atoms with Crippen LogP contribution in [0.3, 0.4) is 0 Å². The molecule has 0 radical (unpaired) electrons. The number of hydrogen-bond acceptors (Lipinski definition) is 5. The second-order valence-electron chi connectivity index (χ2n) is 6.64. The molecule has 2 fully saturated rings. The van der Waals surface area contributed by atoms with Crippen molar-refractivity contribution in [2.75, 3.05) is 38.2 Å². The van der Waals surface area contributed by atoms with Crippen molar-refractivity contribution < 1.29 is 4.74 Å². The topological polar surface area (TPSA) is 28.6 Å². The van der Waals surface area contributed by atoms with E-state index in [1.54, 1.807) is 18.4 Å². The molecule has 5 heteroatoms. The first-order chi connectivity index (χ1) is 11.3. The highest BCUT2D eigenvalue weighted by Gasteiger charge is 2.26. The van der Waals surface area contributed by atoms with Crippen LogP contribution in [0.4, 0.5) is 5.13 Å². The smallest absolute Gasteiger partial charge is 0.186 e. The fourth-order valence-corrected chi connectivity index (χ4v) is 4.93. The first-order valence-corrected chi connectivity index (χ1v) is 9.59. The van der Waals surface area contributed by atoms with Gasteiger partial charge in [-0.25, -0.2) is 4.98 Å². The average Bonchev–Trinajstić information content (AvgIpc) is 3.05. The molecule has 1 aromatic carbocycles. The predicted octanol–water partition coefficient (Wildman–Crippen LogP) is 3.76. The van der Waals surface area contributed by atoms with Crippen molar-refractivity contribution in [2.45, 2.75) is 38.1 Å². The molecule has 4 nitrogen and oxygen atoms in total. The Kier molecular flexibility index (Phi) is 4.40. The molecular weight excluding hydrogens is 306 g/mol. The summed E-state index contributed by atoms with van der Waals surface area (Å²) in [6.45, 7) is 4.58. The summed E-state index contributed by atoms with van der Waals surface area (Å²) in [7, 11) is 1.72. The average molecular weight is 331 g/mol. The maximum Gasteiger partial charge on any atom is 0.186 e. The van der Waals surface area contributed by atoms with Crippen molar-refractivity contribution in [3.05, 3.63) is 18.2 Å². The zero-order valence-corrected chi connectivity index (χ0v) is 14.6. The van der Waals surface area contributed by atoms with Crippen LogP contribution in [-0.4, -0.2) is 49.2 Å². The lowest BCUT2D eigenvalue weighted by molar-refractivity contribution is 0.148. The number of hydrogen-bond donors (Lipinski definition) is 0. The van der Waals surface area contributed by atoms with Gasteiger partial charge in [-0.05, 0) is 31.0 Å². The van der Waals surface area contributed by atoms with Gasteiger partial charge in [-0.1, -0.05) is 30.6 Å². The van der Waals surface area contributed by atoms with Crippen LogP contribution in [-0.2, 0) is 0 Å². The molecule has 0 atom stereocenters. The van der Waals surface area contributed by atoms with Gasteiger partial charge in [0.25, 0.3) is 0 Å². The lowest BCUT2D eigenvalue weighted by Gasteiger charge is -2.40. The van der Waals surface area contributed by atoms with Crippen molar-refractivity contribution in [3.63, 3.8) is 0 Å². The zero-order valence-electron chi connectivity index (χ0n) is 13.8. The third kappa shape index (κ3) is 3.17. The van der Waals surface area contributed by atoms with Crippen molar-refractivity contribution in [1.29, 1.82) is 0 Å². The van der Waals surface area contributed by atoms with E-state index in [-0.39, 0.29) is 0 Å². The number of anilines is 1. The number of piperazine rings is 1. The number of ether oxygens (including phenoxy) is 1. The van der Waals surface area contributed by atoms with Crippen LogP contribution in [0, 0.1) is 0 Å². The molecule has 2 aliphatic rings. The molecular formula is C18H25N3OS. The first kappa shape index (κ1) is 15.2. The number of thiazole rings is 1. The second kappa shape index (κ2) is 6.65. The molecule has 1 aliphatic carbocycles. The molecule has 1 aromatic heterocycles. The van der Waals surface area contributed by atoms with Gasteiger partial charge in [-0.2, -0.15) is 0 Å². The summed E-state index contributed by atoms with van der Waals surface area (Å²) in [5.74, 6) is 0.912. The van der Waals surface area contributed by atoms with Gasteiger partial charge in [0.1, 0.15) is 5.75 Å². The van der Waals surface area contributed by atoms with Gasteiger partial charge in [0, 0.05) is 32.2 Å². The predicted molar refractivity (Wildman–Crippen MR) is 96.8 cm³/mol. The molecule has 124 valence electrons. The van der Waals surface area contributed by atoms with Crippen LogP contribution >= 0.6 is 11.3 Å². The monoisotopic (exact) mass is 331 g/mol. The highest BCUT2D eigenvalue weighted by molar-refractivity contribution is 7.22. The van der Waals surface area contributed by atoms with Gasteiger partial charge < -0.3 is 9.64 Å². The van der Waals surface area contributed by atoms with E-state index in [4.69, 9.17) is 9.72 Å². The molecule has 2 aromatic rings. The maximum atomic E-state index is 5.32. The number of methoxy groups -OCH3 is 1. The zero-order chi connectivity index (χ0) is 15.6. The quantitative estimate of drug-likeness (QED) is 0.856. The minimum atomic E-state index is 0.838. The number of aromatic nitrogens is 1. The van der Waals surface area contributed by atoms with Crippen LogP contribution in [0.2, 0.25) is 0 Å². The van der Waals surface area contributed by atoms with Crippen molar-refractivity contribution in [2.24, 2.45) is 0 Å². The molecule has 0 bridgehead atoms. The number of fused-ring (bicyclic) bond motifs is 1. The summed E-state index contributed by atoms with van der Waals surface area (Å²) in [6.07, 6.45) is 7.09. The Hall–Kier alpha value is -1.33. The Morgan fingerprint density at radius 2 is 1.87 bits per heavy atom. The maximum absolute atomic E-state index is 5.32. The standard InChI is InChI=1S/C18H25N3OS/c1-22-15-7-8-16-17(13-15)23-18(19-16)21-11-9-20(10-12-21)14-5-3-2-4-6-14/h7-8,13-14H,2-6,9-12H2,1H3. The highest BCUT2D eigenvalue weighted by atomic mass is 32.1. The number of benzene rings is 1. The van der Waals surface area contributed by atoms with Gasteiger partial charge in [-0.3, -0.25) is 4.90 Å². The Balaban J connectivity index is 1.43. The molecule has 1 saturated carbocycles. The summed E-state index contributed by atoms with van der Waals surface area (Å²) in [6, 6.07) is 6.99. The molecule has 0 unspecified atom stereocenters. The van der Waals surface area contributed by atoms with Gasteiger partial charge in [0.05, 0.1) is 17.3 Å². The molecule has 0 N–H and O–H groups in total. The second-order valence-corrected chi connectivity index (χ2v) is 7.65. The Morgan fingerprint density at radius 1 is 1.09 bits per heavy atom. The van der Waals surface area contributed by atoms with E-state index in [9.17, 15) is 0 Å². The highest BCUT2D eigenvalue weighted by Crippen LogP contribution is 2.32. The summed E-state index contributed by atoms with van der Waals surface area (Å²) in [5, 5.41) is 1.16. The van der Waals surface area contributed by atoms with E-state index in [0.717, 1.165) is 35.5 Å². The van der Waals surface area contributed by atoms with E-state index in [1.165, 1.54) is 49.9 Å². The first-order valence-electron chi connectivity index (χ1n) is 8.77. The van der Waals surface area contributed by atoms with E-state index in [2.05, 4.69) is 21.9 Å². The fourth-order valence-electron chi connectivity index (χ4n) is 3.88. The van der Waals surface area contributed by atoms with Crippen LogP contribution < -0.4 is 9.64 Å². The van der Waals surface area contributed by atoms with Crippen LogP contribution in [0.5, 0.6) is 5.75 Å². The summed E-state index contributed by atoms with van der Waals surface area (Å²) >= 11 is 1.79. The largest absolute Gasteiger partial charge is 0.497 e. The van der Waals surface area contributed by atoms with Gasteiger partial charge in [0.15, 0.2) is 5.13 Å². The molecule has 0 spiro atoms. The number of nitrogens with zero attached hydrogens (tertiary/aromatic N) is 3. The SMILES string of the molecule is COc1ccc2nc(N3CCN(C4CCCCC4)CC3)sc2c1. The Bertz CT molecular complexity index is 657. The fraction of sp³-hybridized carbons (Fsp3) is 0.611. The molecule has 2 heterocycles. The molecule has 0 amide bonds. The van der Waals surface area contributed by atoms with E-state index >= 15 is 0 Å². The molecule has 23 heavy (non-hydrogen) atoms. The van der Waals surface area contributed by atoms with E-state index in [0.29, 0.717) is 0 Å². The van der Waals surface area contributed by atoms with Gasteiger partial charge in [0.2, 0.25) is 0 Å². The summed E-state index contributed by atoms with van der Waals surface area (Å²) in [5.41, 5.74) is 1.08. The lowest BCUT2D eigenvalue weighted by atomic mass is 9.94. The molecule has 1 saturated heterocycles. The van der Waals surface area contributed by atoms with Crippen molar-refractivity contribution in [1.82, 2.24) is 9.88 Å². The van der Waals surface area contributed by atoms with Gasteiger partial charge >= 0.3 is 0 Å². The summed E-state index contributed by atoms with van der Waals surface area (Å²) in [4.78, 5) is 9.99. The Morgan fingerprint density at radius 3 is 2.61 bits per heavy atom. The number of rotatable bonds is 3. The third-order valence-corrected chi connectivity index (χ3v) is 6.34. The Labute approximate surface area is 142 Å². The van der Waals surface area contributed by atoms with Crippen molar-refractivity contribution in [3.8, 4) is 5.75 Å². The molecule has 4 rings (SSSR count). The lowest BCUT2D eigenvalue weighted by Crippen LogP contribution is -2.50. The summed E-state index contributed by atoms with van der Waals surface area (Å²) < 4.78 is 6.53. The van der Waals surface area contributed by atoms with Crippen LogP contribution in [0.1, 0.15) is 32.1 Å². The van der Waals surface area contributed by atoms with Crippen LogP contribution in [0.25, 0.3) is 10.2 Å².